The topological polar surface area (TPSA) is 52.6 Å². The minimum Gasteiger partial charge on any atom is -0.496 e. The molecule has 0 N–H and O–H groups in total. The zero-order valence-corrected chi connectivity index (χ0v) is 11.5. The summed E-state index contributed by atoms with van der Waals surface area (Å²) in [6.45, 7) is 1.91. The first-order valence-electron chi connectivity index (χ1n) is 6.31. The molecule has 0 atom stereocenters. The van der Waals surface area contributed by atoms with Crippen LogP contribution in [-0.4, -0.2) is 25.8 Å². The summed E-state index contributed by atoms with van der Waals surface area (Å²) in [6, 6.07) is 3.75. The van der Waals surface area contributed by atoms with E-state index < -0.39 is 0 Å². The summed E-state index contributed by atoms with van der Waals surface area (Å²) in [5.41, 5.74) is 1.81. The molecule has 1 fully saturated rings. The molecule has 0 aliphatic heterocycles. The first-order valence-corrected chi connectivity index (χ1v) is 6.31. The Hall–Kier alpha value is -1.84. The first-order chi connectivity index (χ1) is 9.06. The molecule has 19 heavy (non-hydrogen) atoms. The minimum atomic E-state index is -0.0756. The molecular formula is C15H18O4. The van der Waals surface area contributed by atoms with Gasteiger partial charge in [0.1, 0.15) is 23.1 Å². The number of carbonyl (C=O) groups is 2. The third-order valence-electron chi connectivity index (χ3n) is 3.59. The number of Topliss-reactive ketones (excluding diaryl/α,β-unsaturated/α-hetero) is 2. The van der Waals surface area contributed by atoms with Crippen molar-refractivity contribution in [3.63, 3.8) is 0 Å². The van der Waals surface area contributed by atoms with Crippen LogP contribution in [0.5, 0.6) is 11.5 Å². The Kier molecular flexibility index (Phi) is 3.88. The van der Waals surface area contributed by atoms with Crippen LogP contribution in [-0.2, 0) is 9.59 Å². The van der Waals surface area contributed by atoms with Gasteiger partial charge >= 0.3 is 0 Å². The number of hydrogen-bond donors (Lipinski definition) is 0. The van der Waals surface area contributed by atoms with Crippen LogP contribution in [0.15, 0.2) is 12.1 Å². The second-order valence-corrected chi connectivity index (χ2v) is 4.87. The predicted octanol–water partition coefficient (Wildman–Crippen LogP) is 2.42. The van der Waals surface area contributed by atoms with Crippen LogP contribution in [0, 0.1) is 6.92 Å². The lowest BCUT2D eigenvalue weighted by Crippen LogP contribution is -2.21. The smallest absolute Gasteiger partial charge is 0.140 e. The number of hydrogen-bond acceptors (Lipinski definition) is 4. The first kappa shape index (κ1) is 13.6. The van der Waals surface area contributed by atoms with Crippen molar-refractivity contribution in [1.82, 2.24) is 0 Å². The lowest BCUT2D eigenvalue weighted by Gasteiger charge is -2.24. The minimum absolute atomic E-state index is 0.0109. The Morgan fingerprint density at radius 3 is 2.21 bits per heavy atom. The summed E-state index contributed by atoms with van der Waals surface area (Å²) in [5.74, 6) is 1.41. The average Bonchev–Trinajstić information content (AvgIpc) is 2.37. The maximum atomic E-state index is 11.6. The summed E-state index contributed by atoms with van der Waals surface area (Å²) >= 11 is 0. The van der Waals surface area contributed by atoms with Gasteiger partial charge in [-0.25, -0.2) is 0 Å². The monoisotopic (exact) mass is 262 g/mol. The lowest BCUT2D eigenvalue weighted by atomic mass is 9.81. The Morgan fingerprint density at radius 2 is 1.68 bits per heavy atom. The van der Waals surface area contributed by atoms with Crippen molar-refractivity contribution in [3.05, 3.63) is 23.3 Å². The van der Waals surface area contributed by atoms with Crippen molar-refractivity contribution in [2.75, 3.05) is 14.2 Å². The second-order valence-electron chi connectivity index (χ2n) is 4.87. The van der Waals surface area contributed by atoms with Gasteiger partial charge in [-0.2, -0.15) is 0 Å². The molecule has 4 nitrogen and oxygen atoms in total. The molecule has 102 valence electrons. The average molecular weight is 262 g/mol. The van der Waals surface area contributed by atoms with Gasteiger partial charge in [-0.3, -0.25) is 9.59 Å². The number of carbonyl (C=O) groups excluding carboxylic acids is 2. The molecule has 0 amide bonds. The highest BCUT2D eigenvalue weighted by Crippen LogP contribution is 2.39. The number of rotatable bonds is 3. The van der Waals surface area contributed by atoms with E-state index in [0.29, 0.717) is 18.6 Å². The molecule has 0 bridgehead atoms. The quantitative estimate of drug-likeness (QED) is 0.785. The van der Waals surface area contributed by atoms with E-state index in [9.17, 15) is 9.59 Å². The standard InChI is InChI=1S/C15H18O4/c1-9-14(18-2)5-4-13(15(9)19-3)10-6-11(16)8-12(17)7-10/h4-5,10H,6-8H2,1-3H3. The molecule has 1 aromatic carbocycles. The summed E-state index contributed by atoms with van der Waals surface area (Å²) in [7, 11) is 3.20. The summed E-state index contributed by atoms with van der Waals surface area (Å²) < 4.78 is 10.7. The summed E-state index contributed by atoms with van der Waals surface area (Å²) in [6.07, 6.45) is 0.899. The predicted molar refractivity (Wildman–Crippen MR) is 70.9 cm³/mol. The molecular weight excluding hydrogens is 244 g/mol. The van der Waals surface area contributed by atoms with Crippen LogP contribution >= 0.6 is 0 Å². The number of benzene rings is 1. The maximum absolute atomic E-state index is 11.6. The molecule has 0 unspecified atom stereocenters. The molecule has 0 radical (unpaired) electrons. The Bertz CT molecular complexity index is 503. The highest BCUT2D eigenvalue weighted by atomic mass is 16.5. The van der Waals surface area contributed by atoms with Crippen LogP contribution in [0.4, 0.5) is 0 Å². The fraction of sp³-hybridized carbons (Fsp3) is 0.467. The number of ketones is 2. The van der Waals surface area contributed by atoms with Crippen LogP contribution < -0.4 is 9.47 Å². The van der Waals surface area contributed by atoms with E-state index >= 15 is 0 Å². The van der Waals surface area contributed by atoms with Gasteiger partial charge in [0.05, 0.1) is 20.6 Å². The van der Waals surface area contributed by atoms with Gasteiger partial charge in [0, 0.05) is 24.3 Å². The Morgan fingerprint density at radius 1 is 1.05 bits per heavy atom. The molecule has 4 heteroatoms. The van der Waals surface area contributed by atoms with Gasteiger partial charge in [-0.15, -0.1) is 0 Å². The highest BCUT2D eigenvalue weighted by molar-refractivity contribution is 6.02. The molecule has 0 saturated heterocycles. The van der Waals surface area contributed by atoms with Gasteiger partial charge < -0.3 is 9.47 Å². The van der Waals surface area contributed by atoms with Gasteiger partial charge in [0.25, 0.3) is 0 Å². The molecule has 0 spiro atoms. The van der Waals surface area contributed by atoms with E-state index in [2.05, 4.69) is 0 Å². The van der Waals surface area contributed by atoms with E-state index in [1.165, 1.54) is 0 Å². The van der Waals surface area contributed by atoms with Gasteiger partial charge in [-0.1, -0.05) is 6.07 Å². The zero-order valence-electron chi connectivity index (χ0n) is 11.5. The molecule has 1 aliphatic rings. The lowest BCUT2D eigenvalue weighted by molar-refractivity contribution is -0.130. The van der Waals surface area contributed by atoms with Gasteiger partial charge in [0.2, 0.25) is 0 Å². The van der Waals surface area contributed by atoms with E-state index in [0.717, 1.165) is 16.9 Å². The van der Waals surface area contributed by atoms with Crippen molar-refractivity contribution in [2.45, 2.75) is 32.1 Å². The van der Waals surface area contributed by atoms with Crippen molar-refractivity contribution >= 4 is 11.6 Å². The third kappa shape index (κ3) is 2.62. The number of ether oxygens (including phenoxy) is 2. The summed E-state index contributed by atoms with van der Waals surface area (Å²) in [4.78, 5) is 23.2. The molecule has 0 heterocycles. The van der Waals surface area contributed by atoms with Gasteiger partial charge in [-0.05, 0) is 18.6 Å². The van der Waals surface area contributed by atoms with Crippen LogP contribution in [0.3, 0.4) is 0 Å². The van der Waals surface area contributed by atoms with Crippen molar-refractivity contribution in [2.24, 2.45) is 0 Å². The van der Waals surface area contributed by atoms with E-state index in [4.69, 9.17) is 9.47 Å². The van der Waals surface area contributed by atoms with Crippen LogP contribution in [0.1, 0.15) is 36.3 Å². The third-order valence-corrected chi connectivity index (χ3v) is 3.59. The molecule has 1 aliphatic carbocycles. The van der Waals surface area contributed by atoms with Crippen molar-refractivity contribution in [3.8, 4) is 11.5 Å². The molecule has 1 saturated carbocycles. The summed E-state index contributed by atoms with van der Waals surface area (Å²) in [5, 5.41) is 0. The zero-order chi connectivity index (χ0) is 14.0. The fourth-order valence-electron chi connectivity index (χ4n) is 2.71. The Labute approximate surface area is 112 Å². The van der Waals surface area contributed by atoms with Crippen LogP contribution in [0.2, 0.25) is 0 Å². The van der Waals surface area contributed by atoms with Crippen molar-refractivity contribution < 1.29 is 19.1 Å². The normalized spacial score (nSPS) is 16.6. The Balaban J connectivity index is 2.41. The van der Waals surface area contributed by atoms with Gasteiger partial charge in [0.15, 0.2) is 0 Å². The van der Waals surface area contributed by atoms with E-state index in [-0.39, 0.29) is 23.9 Å². The SMILES string of the molecule is COc1ccc(C2CC(=O)CC(=O)C2)c(OC)c1C. The van der Waals surface area contributed by atoms with Crippen molar-refractivity contribution in [1.29, 1.82) is 0 Å². The number of methoxy groups -OCH3 is 2. The maximum Gasteiger partial charge on any atom is 0.140 e. The highest BCUT2D eigenvalue weighted by Gasteiger charge is 2.29. The van der Waals surface area contributed by atoms with E-state index in [1.807, 2.05) is 19.1 Å². The van der Waals surface area contributed by atoms with Crippen LogP contribution in [0.25, 0.3) is 0 Å². The molecule has 0 aromatic heterocycles. The fourth-order valence-corrected chi connectivity index (χ4v) is 2.71. The molecule has 1 aromatic rings. The second kappa shape index (κ2) is 5.43. The molecule has 2 rings (SSSR count). The van der Waals surface area contributed by atoms with E-state index in [1.54, 1.807) is 14.2 Å². The largest absolute Gasteiger partial charge is 0.496 e.